The molecule has 2 heterocycles. The first kappa shape index (κ1) is 14.6. The quantitative estimate of drug-likeness (QED) is 0.819. The molecule has 102 valence electrons. The molecule has 0 saturated carbocycles. The summed E-state index contributed by atoms with van der Waals surface area (Å²) in [6.45, 7) is 6.22. The maximum absolute atomic E-state index is 11.9. The molecule has 0 unspecified atom stereocenters. The van der Waals surface area contributed by atoms with E-state index in [2.05, 4.69) is 51.4 Å². The average molecular weight is 389 g/mol. The van der Waals surface area contributed by atoms with Gasteiger partial charge in [0.05, 0.1) is 15.7 Å². The summed E-state index contributed by atoms with van der Waals surface area (Å²) in [7, 11) is 0. The number of aryl methyl sites for hydroxylation is 1. The first-order valence-corrected chi connectivity index (χ1v) is 8.10. The van der Waals surface area contributed by atoms with E-state index < -0.39 is 0 Å². The van der Waals surface area contributed by atoms with Crippen molar-refractivity contribution in [2.75, 3.05) is 0 Å². The Bertz CT molecular complexity index is 633. The van der Waals surface area contributed by atoms with Crippen molar-refractivity contribution < 1.29 is 0 Å². The van der Waals surface area contributed by atoms with Gasteiger partial charge in [-0.3, -0.25) is 4.79 Å². The highest BCUT2D eigenvalue weighted by Crippen LogP contribution is 2.14. The van der Waals surface area contributed by atoms with E-state index in [0.717, 1.165) is 22.8 Å². The van der Waals surface area contributed by atoms with Crippen LogP contribution in [0.5, 0.6) is 0 Å². The van der Waals surface area contributed by atoms with Crippen molar-refractivity contribution in [1.82, 2.24) is 15.0 Å². The normalized spacial score (nSPS) is 11.2. The Morgan fingerprint density at radius 1 is 1.42 bits per heavy atom. The molecule has 0 atom stereocenters. The zero-order valence-corrected chi connectivity index (χ0v) is 14.1. The molecule has 0 bridgehead atoms. The van der Waals surface area contributed by atoms with Crippen LogP contribution in [0.4, 0.5) is 0 Å². The van der Waals surface area contributed by atoms with Crippen LogP contribution in [0, 0.1) is 16.4 Å². The maximum Gasteiger partial charge on any atom is 0.264 e. The van der Waals surface area contributed by atoms with Crippen molar-refractivity contribution in [3.05, 3.63) is 41.5 Å². The van der Waals surface area contributed by atoms with Crippen molar-refractivity contribution in [1.29, 1.82) is 0 Å². The highest BCUT2D eigenvalue weighted by Gasteiger charge is 2.11. The van der Waals surface area contributed by atoms with Crippen LogP contribution >= 0.6 is 33.9 Å². The van der Waals surface area contributed by atoms with E-state index in [0.29, 0.717) is 21.7 Å². The number of hydrogen-bond donors (Lipinski definition) is 1. The second kappa shape index (κ2) is 6.13. The average Bonchev–Trinajstić information content (AvgIpc) is 2.70. The summed E-state index contributed by atoms with van der Waals surface area (Å²) < 4.78 is 0.699. The molecule has 0 radical (unpaired) electrons. The number of hydrogen-bond acceptors (Lipinski definition) is 4. The van der Waals surface area contributed by atoms with Crippen molar-refractivity contribution in [3.63, 3.8) is 0 Å². The summed E-state index contributed by atoms with van der Waals surface area (Å²) in [5, 5.41) is 2.99. The van der Waals surface area contributed by atoms with E-state index in [1.165, 1.54) is 0 Å². The van der Waals surface area contributed by atoms with Gasteiger partial charge in [-0.2, -0.15) is 0 Å². The molecule has 0 aliphatic rings. The lowest BCUT2D eigenvalue weighted by Gasteiger charge is -2.08. The molecule has 0 aromatic carbocycles. The monoisotopic (exact) mass is 389 g/mol. The molecular formula is C13H16IN3OS. The Labute approximate surface area is 129 Å². The Hall–Kier alpha value is -0.760. The van der Waals surface area contributed by atoms with Gasteiger partial charge in [-0.25, -0.2) is 9.97 Å². The summed E-state index contributed by atoms with van der Waals surface area (Å²) in [5.41, 5.74) is 1.85. The third-order valence-electron chi connectivity index (χ3n) is 2.57. The number of nitrogens with one attached hydrogen (secondary N) is 1. The largest absolute Gasteiger partial charge is 0.309 e. The molecule has 0 aliphatic carbocycles. The van der Waals surface area contributed by atoms with Crippen LogP contribution in [0.15, 0.2) is 10.2 Å². The van der Waals surface area contributed by atoms with Gasteiger partial charge >= 0.3 is 0 Å². The number of aromatic nitrogens is 3. The van der Waals surface area contributed by atoms with Crippen molar-refractivity contribution in [2.24, 2.45) is 5.92 Å². The van der Waals surface area contributed by atoms with Crippen LogP contribution < -0.4 is 5.56 Å². The predicted molar refractivity (Wildman–Crippen MR) is 85.8 cm³/mol. The van der Waals surface area contributed by atoms with Crippen molar-refractivity contribution in [2.45, 2.75) is 33.6 Å². The minimum atomic E-state index is -0.0467. The number of H-pyrrole nitrogens is 1. The van der Waals surface area contributed by atoms with Crippen LogP contribution in [0.3, 0.4) is 0 Å². The van der Waals surface area contributed by atoms with Gasteiger partial charge in [0.25, 0.3) is 5.56 Å². The second-order valence-corrected chi connectivity index (χ2v) is 6.95. The molecule has 2 aromatic heterocycles. The number of halogens is 1. The minimum Gasteiger partial charge on any atom is -0.309 e. The van der Waals surface area contributed by atoms with Crippen LogP contribution in [-0.2, 0) is 12.8 Å². The summed E-state index contributed by atoms with van der Waals surface area (Å²) in [4.78, 5) is 23.7. The molecular weight excluding hydrogens is 373 g/mol. The Morgan fingerprint density at radius 2 is 2.16 bits per heavy atom. The van der Waals surface area contributed by atoms with Gasteiger partial charge in [0.15, 0.2) is 0 Å². The summed E-state index contributed by atoms with van der Waals surface area (Å²) in [6.07, 6.45) is 1.42. The van der Waals surface area contributed by atoms with E-state index in [9.17, 15) is 4.79 Å². The molecule has 0 spiro atoms. The lowest BCUT2D eigenvalue weighted by molar-refractivity contribution is 0.626. The SMILES string of the molecule is Cc1csc(Cc2nc(CC(C)C)c(I)c(=O)[nH]2)n1. The van der Waals surface area contributed by atoms with Gasteiger partial charge in [-0.05, 0) is 41.9 Å². The highest BCUT2D eigenvalue weighted by atomic mass is 127. The van der Waals surface area contributed by atoms with Crippen LogP contribution in [0.2, 0.25) is 0 Å². The van der Waals surface area contributed by atoms with Crippen molar-refractivity contribution >= 4 is 33.9 Å². The third kappa shape index (κ3) is 3.85. The summed E-state index contributed by atoms with van der Waals surface area (Å²) in [5.74, 6) is 1.19. The highest BCUT2D eigenvalue weighted by molar-refractivity contribution is 14.1. The first-order valence-electron chi connectivity index (χ1n) is 6.14. The van der Waals surface area contributed by atoms with E-state index in [4.69, 9.17) is 0 Å². The fraction of sp³-hybridized carbons (Fsp3) is 0.462. The smallest absolute Gasteiger partial charge is 0.264 e. The lowest BCUT2D eigenvalue weighted by atomic mass is 10.1. The van der Waals surface area contributed by atoms with Crippen LogP contribution in [0.1, 0.15) is 36.1 Å². The molecule has 0 amide bonds. The van der Waals surface area contributed by atoms with E-state index in [1.54, 1.807) is 11.3 Å². The molecule has 2 rings (SSSR count). The van der Waals surface area contributed by atoms with Gasteiger partial charge in [-0.15, -0.1) is 11.3 Å². The van der Waals surface area contributed by atoms with Gasteiger partial charge in [0.1, 0.15) is 10.8 Å². The molecule has 4 nitrogen and oxygen atoms in total. The van der Waals surface area contributed by atoms with Gasteiger partial charge < -0.3 is 4.98 Å². The predicted octanol–water partition coefficient (Wildman–Crippen LogP) is 2.93. The zero-order valence-electron chi connectivity index (χ0n) is 11.2. The van der Waals surface area contributed by atoms with Gasteiger partial charge in [0.2, 0.25) is 0 Å². The second-order valence-electron chi connectivity index (χ2n) is 4.93. The Kier molecular flexibility index (Phi) is 4.72. The molecule has 2 aromatic rings. The fourth-order valence-corrected chi connectivity index (χ4v) is 3.04. The van der Waals surface area contributed by atoms with E-state index in [-0.39, 0.29) is 5.56 Å². The van der Waals surface area contributed by atoms with Crippen LogP contribution in [-0.4, -0.2) is 15.0 Å². The molecule has 19 heavy (non-hydrogen) atoms. The molecule has 6 heteroatoms. The number of aromatic amines is 1. The molecule has 0 fully saturated rings. The van der Waals surface area contributed by atoms with Gasteiger partial charge in [0, 0.05) is 11.1 Å². The van der Waals surface area contributed by atoms with Crippen LogP contribution in [0.25, 0.3) is 0 Å². The minimum absolute atomic E-state index is 0.0467. The maximum atomic E-state index is 11.9. The standard InChI is InChI=1S/C13H16IN3OS/c1-7(2)4-9-12(14)13(18)17-10(16-9)5-11-15-8(3)6-19-11/h6-7H,4-5H2,1-3H3,(H,16,17,18). The van der Waals surface area contributed by atoms with Crippen molar-refractivity contribution in [3.8, 4) is 0 Å². The molecule has 0 saturated heterocycles. The zero-order chi connectivity index (χ0) is 14.0. The Morgan fingerprint density at radius 3 is 2.74 bits per heavy atom. The van der Waals surface area contributed by atoms with Gasteiger partial charge in [-0.1, -0.05) is 13.8 Å². The van der Waals surface area contributed by atoms with E-state index >= 15 is 0 Å². The lowest BCUT2D eigenvalue weighted by Crippen LogP contribution is -2.19. The molecule has 1 N–H and O–H groups in total. The summed E-state index contributed by atoms with van der Waals surface area (Å²) >= 11 is 3.67. The topological polar surface area (TPSA) is 58.6 Å². The first-order chi connectivity index (χ1) is 8.95. The Balaban J connectivity index is 2.31. The number of thiazole rings is 1. The third-order valence-corrected chi connectivity index (χ3v) is 4.65. The molecule has 0 aliphatic heterocycles. The number of nitrogens with zero attached hydrogens (tertiary/aromatic N) is 2. The number of rotatable bonds is 4. The van der Waals surface area contributed by atoms with E-state index in [1.807, 2.05) is 12.3 Å². The summed E-state index contributed by atoms with van der Waals surface area (Å²) in [6, 6.07) is 0. The fourth-order valence-electron chi connectivity index (χ4n) is 1.79.